The largest absolute Gasteiger partial charge is 0.0836 e. The number of rotatable bonds is 1. The summed E-state index contributed by atoms with van der Waals surface area (Å²) in [7, 11) is 0. The molecule has 1 fully saturated rings. The summed E-state index contributed by atoms with van der Waals surface area (Å²) in [6.07, 6.45) is 18.2. The summed E-state index contributed by atoms with van der Waals surface area (Å²) in [5, 5.41) is 3.07. The van der Waals surface area contributed by atoms with Gasteiger partial charge in [0.1, 0.15) is 0 Å². The minimum atomic E-state index is 0.775. The first-order chi connectivity index (χ1) is 12.4. The lowest BCUT2D eigenvalue weighted by atomic mass is 9.78. The summed E-state index contributed by atoms with van der Waals surface area (Å²) < 4.78 is 0. The van der Waals surface area contributed by atoms with Crippen LogP contribution in [0.15, 0.2) is 48.1 Å². The highest BCUT2D eigenvalue weighted by molar-refractivity contribution is 5.95. The molecule has 0 amide bonds. The Morgan fingerprint density at radius 3 is 2.52 bits per heavy atom. The first-order valence-electron chi connectivity index (χ1n) is 10.4. The van der Waals surface area contributed by atoms with E-state index in [4.69, 9.17) is 0 Å². The van der Waals surface area contributed by atoms with E-state index < -0.39 is 0 Å². The van der Waals surface area contributed by atoms with Gasteiger partial charge in [-0.15, -0.1) is 0 Å². The van der Waals surface area contributed by atoms with Gasteiger partial charge < -0.3 is 0 Å². The molecule has 0 heterocycles. The molecule has 0 aromatic heterocycles. The normalized spacial score (nSPS) is 21.1. The van der Waals surface area contributed by atoms with Crippen molar-refractivity contribution in [1.82, 2.24) is 0 Å². The van der Waals surface area contributed by atoms with Crippen LogP contribution in [0.3, 0.4) is 0 Å². The first-order valence-corrected chi connectivity index (χ1v) is 10.4. The van der Waals surface area contributed by atoms with Gasteiger partial charge in [0.2, 0.25) is 0 Å². The van der Waals surface area contributed by atoms with Crippen LogP contribution in [0.5, 0.6) is 0 Å². The van der Waals surface area contributed by atoms with Gasteiger partial charge in [0, 0.05) is 0 Å². The van der Waals surface area contributed by atoms with Crippen molar-refractivity contribution in [2.24, 2.45) is 0 Å². The smallest absolute Gasteiger partial charge is 0.0143 e. The summed E-state index contributed by atoms with van der Waals surface area (Å²) in [5.74, 6) is 0.775. The molecule has 2 aromatic carbocycles. The molecule has 0 radical (unpaired) electrons. The second-order valence-corrected chi connectivity index (χ2v) is 8.18. The zero-order chi connectivity index (χ0) is 16.6. The lowest BCUT2D eigenvalue weighted by Gasteiger charge is -2.26. The Morgan fingerprint density at radius 1 is 0.760 bits per heavy atom. The molecule has 0 bridgehead atoms. The third-order valence-electron chi connectivity index (χ3n) is 6.75. The molecule has 3 aliphatic rings. The number of hydrogen-bond donors (Lipinski definition) is 0. The summed E-state index contributed by atoms with van der Waals surface area (Å²) in [5.41, 5.74) is 7.98. The van der Waals surface area contributed by atoms with Gasteiger partial charge in [-0.1, -0.05) is 73.7 Å². The number of benzene rings is 2. The molecule has 3 aliphatic carbocycles. The quantitative estimate of drug-likeness (QED) is 0.481. The van der Waals surface area contributed by atoms with E-state index in [1.165, 1.54) is 86.1 Å². The molecule has 0 aliphatic heterocycles. The summed E-state index contributed by atoms with van der Waals surface area (Å²) in [6.45, 7) is 0. The molecule has 0 spiro atoms. The van der Waals surface area contributed by atoms with Crippen molar-refractivity contribution in [3.8, 4) is 0 Å². The minimum absolute atomic E-state index is 0.775. The van der Waals surface area contributed by atoms with E-state index >= 15 is 0 Å². The van der Waals surface area contributed by atoms with Crippen LogP contribution < -0.4 is 0 Å². The van der Waals surface area contributed by atoms with Crippen molar-refractivity contribution in [3.63, 3.8) is 0 Å². The monoisotopic (exact) mass is 328 g/mol. The van der Waals surface area contributed by atoms with Crippen LogP contribution in [-0.2, 0) is 6.42 Å². The van der Waals surface area contributed by atoms with Crippen molar-refractivity contribution >= 4 is 16.3 Å². The van der Waals surface area contributed by atoms with Gasteiger partial charge >= 0.3 is 0 Å². The highest BCUT2D eigenvalue weighted by atomic mass is 14.3. The zero-order valence-electron chi connectivity index (χ0n) is 15.2. The molecule has 25 heavy (non-hydrogen) atoms. The van der Waals surface area contributed by atoms with Gasteiger partial charge in [-0.3, -0.25) is 0 Å². The van der Waals surface area contributed by atoms with Gasteiger partial charge in [0.15, 0.2) is 0 Å². The van der Waals surface area contributed by atoms with Crippen LogP contribution in [-0.4, -0.2) is 0 Å². The Morgan fingerprint density at radius 2 is 1.64 bits per heavy atom. The van der Waals surface area contributed by atoms with E-state index in [-0.39, 0.29) is 0 Å². The second kappa shape index (κ2) is 6.48. The third-order valence-corrected chi connectivity index (χ3v) is 6.75. The maximum absolute atomic E-state index is 2.44. The number of aryl methyl sites for hydroxylation is 1. The predicted octanol–water partition coefficient (Wildman–Crippen LogP) is 7.33. The molecule has 128 valence electrons. The summed E-state index contributed by atoms with van der Waals surface area (Å²) >= 11 is 0. The summed E-state index contributed by atoms with van der Waals surface area (Å²) in [6, 6.07) is 12.0. The molecule has 0 N–H and O–H groups in total. The average molecular weight is 328 g/mol. The van der Waals surface area contributed by atoms with E-state index in [0.29, 0.717) is 0 Å². The molecular formula is C25H28. The van der Waals surface area contributed by atoms with E-state index in [2.05, 4.69) is 42.5 Å². The van der Waals surface area contributed by atoms with Crippen molar-refractivity contribution in [2.75, 3.05) is 0 Å². The van der Waals surface area contributed by atoms with Crippen LogP contribution in [0, 0.1) is 0 Å². The van der Waals surface area contributed by atoms with Crippen molar-refractivity contribution in [3.05, 3.63) is 64.7 Å². The topological polar surface area (TPSA) is 0 Å². The lowest BCUT2D eigenvalue weighted by molar-refractivity contribution is 0.596. The van der Waals surface area contributed by atoms with E-state index in [0.717, 1.165) is 5.92 Å². The van der Waals surface area contributed by atoms with Gasteiger partial charge in [0.25, 0.3) is 0 Å². The minimum Gasteiger partial charge on any atom is -0.0836 e. The van der Waals surface area contributed by atoms with Crippen LogP contribution in [0.2, 0.25) is 0 Å². The van der Waals surface area contributed by atoms with Crippen LogP contribution in [0.4, 0.5) is 0 Å². The zero-order valence-corrected chi connectivity index (χ0v) is 15.2. The Balaban J connectivity index is 1.65. The molecule has 2 aromatic rings. The molecule has 5 rings (SSSR count). The fraction of sp³-hybridized carbons (Fsp3) is 0.440. The Hall–Kier alpha value is -1.82. The van der Waals surface area contributed by atoms with Gasteiger partial charge in [0.05, 0.1) is 0 Å². The number of fused-ring (bicyclic) bond motifs is 4. The average Bonchev–Trinajstić information content (AvgIpc) is 2.96. The molecule has 0 nitrogen and oxygen atoms in total. The second-order valence-electron chi connectivity index (χ2n) is 8.18. The number of allylic oxidation sites excluding steroid dienone is 4. The Bertz CT molecular complexity index is 857. The first kappa shape index (κ1) is 15.4. The SMILES string of the molecule is C1=CC2=C(CC1)CCc1c2ccc2c(C3CCCCCC3)cccc12. The van der Waals surface area contributed by atoms with Crippen molar-refractivity contribution in [1.29, 1.82) is 0 Å². The van der Waals surface area contributed by atoms with Crippen molar-refractivity contribution in [2.45, 2.75) is 70.1 Å². The molecule has 1 saturated carbocycles. The molecule has 0 unspecified atom stereocenters. The van der Waals surface area contributed by atoms with Crippen molar-refractivity contribution < 1.29 is 0 Å². The summed E-state index contributed by atoms with van der Waals surface area (Å²) in [4.78, 5) is 0. The fourth-order valence-corrected chi connectivity index (χ4v) is 5.44. The molecule has 0 saturated heterocycles. The Labute approximate surface area is 151 Å². The van der Waals surface area contributed by atoms with Gasteiger partial charge in [-0.05, 0) is 77.5 Å². The number of hydrogen-bond acceptors (Lipinski definition) is 0. The molecule has 0 heteroatoms. The van der Waals surface area contributed by atoms with E-state index in [9.17, 15) is 0 Å². The standard InChI is InChI=1S/C25H28/c1-2-4-9-18(8-3-1)21-12-7-13-22-23(21)16-17-24-20-11-6-5-10-19(20)14-15-25(22)24/h6-7,11-13,16-18H,1-5,8-10,14-15H2. The molecule has 0 atom stereocenters. The maximum atomic E-state index is 2.44. The fourth-order valence-electron chi connectivity index (χ4n) is 5.44. The highest BCUT2D eigenvalue weighted by Crippen LogP contribution is 2.42. The van der Waals surface area contributed by atoms with Gasteiger partial charge in [-0.2, -0.15) is 0 Å². The maximum Gasteiger partial charge on any atom is -0.0143 e. The van der Waals surface area contributed by atoms with Gasteiger partial charge in [-0.25, -0.2) is 0 Å². The van der Waals surface area contributed by atoms with Crippen LogP contribution in [0.1, 0.15) is 80.4 Å². The van der Waals surface area contributed by atoms with E-state index in [1.54, 1.807) is 16.7 Å². The lowest BCUT2D eigenvalue weighted by Crippen LogP contribution is -2.08. The van der Waals surface area contributed by atoms with Crippen LogP contribution in [0.25, 0.3) is 16.3 Å². The molecular weight excluding hydrogens is 300 g/mol. The predicted molar refractivity (Wildman–Crippen MR) is 108 cm³/mol. The van der Waals surface area contributed by atoms with Crippen LogP contribution >= 0.6 is 0 Å². The Kier molecular flexibility index (Phi) is 4.00. The highest BCUT2D eigenvalue weighted by Gasteiger charge is 2.22. The van der Waals surface area contributed by atoms with E-state index in [1.807, 2.05) is 0 Å². The third kappa shape index (κ3) is 2.67.